The molecule has 12 heteroatoms. The van der Waals surface area contributed by atoms with Gasteiger partial charge < -0.3 is 10.6 Å². The summed E-state index contributed by atoms with van der Waals surface area (Å²) in [6.07, 6.45) is 1.22. The van der Waals surface area contributed by atoms with Crippen molar-refractivity contribution < 1.29 is 4.92 Å². The molecule has 2 heterocycles. The fourth-order valence-electron chi connectivity index (χ4n) is 3.53. The number of nitrogens with zero attached hydrogens (tertiary/aromatic N) is 5. The minimum atomic E-state index is -0.614. The first kappa shape index (κ1) is 25.3. The van der Waals surface area contributed by atoms with Crippen molar-refractivity contribution >= 4 is 62.7 Å². The maximum atomic E-state index is 12.0. The zero-order valence-corrected chi connectivity index (χ0v) is 21.7. The maximum Gasteiger partial charge on any atom is 0.353 e. The number of anilines is 4. The Labute approximate surface area is 220 Å². The van der Waals surface area contributed by atoms with E-state index in [0.29, 0.717) is 26.4 Å². The second-order valence-electron chi connectivity index (χ2n) is 7.89. The minimum Gasteiger partial charge on any atom is -0.334 e. The topological polar surface area (TPSA) is 130 Å². The zero-order valence-electron chi connectivity index (χ0n) is 19.3. The average molecular weight is 540 g/mol. The summed E-state index contributed by atoms with van der Waals surface area (Å²) in [6, 6.07) is 12.7. The molecule has 4 aromatic rings. The molecule has 1 unspecified atom stereocenters. The van der Waals surface area contributed by atoms with Crippen LogP contribution in [0.3, 0.4) is 0 Å². The number of nitrogens with one attached hydrogen (secondary N) is 2. The van der Waals surface area contributed by atoms with Gasteiger partial charge in [-0.2, -0.15) is 5.26 Å². The van der Waals surface area contributed by atoms with Crippen molar-refractivity contribution in [3.05, 3.63) is 90.1 Å². The lowest BCUT2D eigenvalue weighted by Gasteiger charge is -2.16. The molecule has 4 rings (SSSR count). The van der Waals surface area contributed by atoms with Crippen LogP contribution < -0.4 is 10.6 Å². The van der Waals surface area contributed by atoms with E-state index in [-0.39, 0.29) is 17.3 Å². The van der Waals surface area contributed by atoms with Crippen LogP contribution in [-0.2, 0) is 0 Å². The molecule has 0 bridgehead atoms. The van der Waals surface area contributed by atoms with Gasteiger partial charge in [0.05, 0.1) is 22.6 Å². The van der Waals surface area contributed by atoms with Crippen LogP contribution in [0.4, 0.5) is 28.1 Å². The molecule has 9 nitrogen and oxygen atoms in total. The molecule has 0 fully saturated rings. The Kier molecular flexibility index (Phi) is 7.35. The molecule has 0 radical (unpaired) electrons. The highest BCUT2D eigenvalue weighted by Gasteiger charge is 2.25. The van der Waals surface area contributed by atoms with Crippen molar-refractivity contribution in [2.24, 2.45) is 0 Å². The van der Waals surface area contributed by atoms with Gasteiger partial charge in [-0.3, -0.25) is 10.1 Å². The van der Waals surface area contributed by atoms with E-state index in [1.807, 2.05) is 20.8 Å². The van der Waals surface area contributed by atoms with E-state index < -0.39 is 10.8 Å². The van der Waals surface area contributed by atoms with Crippen molar-refractivity contribution in [2.45, 2.75) is 26.7 Å². The van der Waals surface area contributed by atoms with E-state index >= 15 is 0 Å². The summed E-state index contributed by atoms with van der Waals surface area (Å²) in [4.78, 5) is 24.9. The number of halogens is 2. The van der Waals surface area contributed by atoms with Crippen molar-refractivity contribution in [3.63, 3.8) is 0 Å². The molecular formula is C24H19Cl2N7O2S. The Balaban J connectivity index is 1.68. The van der Waals surface area contributed by atoms with Gasteiger partial charge in [-0.25, -0.2) is 15.0 Å². The molecule has 1 atom stereocenters. The van der Waals surface area contributed by atoms with Gasteiger partial charge in [-0.15, -0.1) is 11.3 Å². The van der Waals surface area contributed by atoms with E-state index in [2.05, 4.69) is 31.7 Å². The lowest BCUT2D eigenvalue weighted by molar-refractivity contribution is -0.383. The molecule has 36 heavy (non-hydrogen) atoms. The van der Waals surface area contributed by atoms with Gasteiger partial charge in [0.1, 0.15) is 6.33 Å². The van der Waals surface area contributed by atoms with Gasteiger partial charge in [0.15, 0.2) is 5.13 Å². The number of aryl methyl sites for hydroxylation is 3. The standard InChI is InChI=1S/C24H19Cl2N7O2S/c1-12-8-17(18(10-27)15-4-6-16(25)7-5-15)19(26)9-20(12)31-22-21(33(34)35)23(29-11-28-22)32-24-30-13(2)14(3)36-24/h4-9,11,18H,1-3H3,(H2,28,29,30,31,32). The fourth-order valence-corrected chi connectivity index (χ4v) is 4.74. The van der Waals surface area contributed by atoms with Crippen LogP contribution in [-0.4, -0.2) is 19.9 Å². The predicted octanol–water partition coefficient (Wildman–Crippen LogP) is 7.22. The van der Waals surface area contributed by atoms with Crippen molar-refractivity contribution in [2.75, 3.05) is 10.6 Å². The maximum absolute atomic E-state index is 12.0. The summed E-state index contributed by atoms with van der Waals surface area (Å²) in [5.41, 5.74) is 3.08. The van der Waals surface area contributed by atoms with Gasteiger partial charge in [0, 0.05) is 20.6 Å². The number of benzene rings is 2. The number of hydrogen-bond acceptors (Lipinski definition) is 9. The summed E-state index contributed by atoms with van der Waals surface area (Å²) in [5, 5.41) is 29.1. The second kappa shape index (κ2) is 10.5. The van der Waals surface area contributed by atoms with E-state index in [1.165, 1.54) is 17.7 Å². The number of thiazole rings is 1. The Morgan fingerprint density at radius 2 is 1.75 bits per heavy atom. The normalized spacial score (nSPS) is 11.6. The predicted molar refractivity (Wildman–Crippen MR) is 142 cm³/mol. The smallest absolute Gasteiger partial charge is 0.334 e. The number of rotatable bonds is 7. The second-order valence-corrected chi connectivity index (χ2v) is 9.94. The number of nitro groups is 1. The third-order valence-electron chi connectivity index (χ3n) is 5.50. The van der Waals surface area contributed by atoms with E-state index in [0.717, 1.165) is 21.7 Å². The van der Waals surface area contributed by atoms with Crippen molar-refractivity contribution in [3.8, 4) is 6.07 Å². The van der Waals surface area contributed by atoms with Gasteiger partial charge >= 0.3 is 5.69 Å². The minimum absolute atomic E-state index is 0.0102. The Morgan fingerprint density at radius 3 is 2.33 bits per heavy atom. The van der Waals surface area contributed by atoms with E-state index in [1.54, 1.807) is 36.4 Å². The van der Waals surface area contributed by atoms with Crippen LogP contribution in [0.15, 0.2) is 42.7 Å². The first-order valence-corrected chi connectivity index (χ1v) is 12.2. The van der Waals surface area contributed by atoms with Gasteiger partial charge in [-0.1, -0.05) is 41.4 Å². The van der Waals surface area contributed by atoms with Crippen LogP contribution in [0.2, 0.25) is 10.0 Å². The van der Waals surface area contributed by atoms with Crippen LogP contribution >= 0.6 is 34.5 Å². The SMILES string of the molecule is Cc1cc(C(C#N)c2ccc(Cl)cc2)c(Cl)cc1Nc1ncnc(Nc2nc(C)c(C)s2)c1[N+](=O)[O-]. The summed E-state index contributed by atoms with van der Waals surface area (Å²) >= 11 is 13.9. The molecule has 0 spiro atoms. The number of nitriles is 1. The summed E-state index contributed by atoms with van der Waals surface area (Å²) in [7, 11) is 0. The molecule has 0 aliphatic carbocycles. The van der Waals surface area contributed by atoms with E-state index in [9.17, 15) is 15.4 Å². The van der Waals surface area contributed by atoms with Crippen molar-refractivity contribution in [1.29, 1.82) is 5.26 Å². The average Bonchev–Trinajstić information content (AvgIpc) is 3.14. The Morgan fingerprint density at radius 1 is 1.08 bits per heavy atom. The van der Waals surface area contributed by atoms with Gasteiger partial charge in [-0.05, 0) is 55.7 Å². The van der Waals surface area contributed by atoms with Crippen LogP contribution in [0.5, 0.6) is 0 Å². The monoisotopic (exact) mass is 539 g/mol. The molecule has 0 aliphatic rings. The summed E-state index contributed by atoms with van der Waals surface area (Å²) < 4.78 is 0. The highest BCUT2D eigenvalue weighted by Crippen LogP contribution is 2.38. The molecule has 182 valence electrons. The first-order valence-electron chi connectivity index (χ1n) is 10.6. The molecule has 0 aliphatic heterocycles. The zero-order chi connectivity index (χ0) is 26.0. The molecular weight excluding hydrogens is 521 g/mol. The van der Waals surface area contributed by atoms with Crippen LogP contribution in [0.1, 0.15) is 33.2 Å². The van der Waals surface area contributed by atoms with Crippen molar-refractivity contribution in [1.82, 2.24) is 15.0 Å². The van der Waals surface area contributed by atoms with Crippen LogP contribution in [0.25, 0.3) is 0 Å². The fraction of sp³-hybridized carbons (Fsp3) is 0.167. The Bertz CT molecular complexity index is 1480. The molecule has 0 amide bonds. The first-order chi connectivity index (χ1) is 17.2. The van der Waals surface area contributed by atoms with Crippen LogP contribution in [0, 0.1) is 42.2 Å². The molecule has 2 aromatic heterocycles. The number of hydrogen-bond donors (Lipinski definition) is 2. The third kappa shape index (κ3) is 5.23. The molecule has 0 saturated heterocycles. The quantitative estimate of drug-likeness (QED) is 0.186. The number of aromatic nitrogens is 3. The van der Waals surface area contributed by atoms with Gasteiger partial charge in [0.25, 0.3) is 0 Å². The molecule has 0 saturated carbocycles. The highest BCUT2D eigenvalue weighted by atomic mass is 35.5. The lowest BCUT2D eigenvalue weighted by Crippen LogP contribution is -2.07. The lowest BCUT2D eigenvalue weighted by atomic mass is 9.91. The molecule has 2 N–H and O–H groups in total. The third-order valence-corrected chi connectivity index (χ3v) is 7.07. The largest absolute Gasteiger partial charge is 0.353 e. The highest BCUT2D eigenvalue weighted by molar-refractivity contribution is 7.15. The summed E-state index contributed by atoms with van der Waals surface area (Å²) in [5.74, 6) is -0.611. The summed E-state index contributed by atoms with van der Waals surface area (Å²) in [6.45, 7) is 5.59. The molecule has 2 aromatic carbocycles. The van der Waals surface area contributed by atoms with Gasteiger partial charge in [0.2, 0.25) is 11.6 Å². The van der Waals surface area contributed by atoms with E-state index in [4.69, 9.17) is 23.2 Å². The Hall–Kier alpha value is -3.78.